The van der Waals surface area contributed by atoms with E-state index >= 15 is 0 Å². The van der Waals surface area contributed by atoms with Crippen molar-refractivity contribution in [2.24, 2.45) is 0 Å². The SMILES string of the molecule is COc1ccc(-c2nc(C(=O)Nc3cccc(Cl)c3C)cs2)cc1OC. The van der Waals surface area contributed by atoms with Crippen molar-refractivity contribution in [3.05, 3.63) is 58.1 Å². The van der Waals surface area contributed by atoms with Crippen LogP contribution >= 0.6 is 22.9 Å². The van der Waals surface area contributed by atoms with Gasteiger partial charge in [-0.2, -0.15) is 0 Å². The van der Waals surface area contributed by atoms with E-state index in [4.69, 9.17) is 21.1 Å². The molecule has 0 spiro atoms. The number of nitrogens with one attached hydrogen (secondary N) is 1. The first-order chi connectivity index (χ1) is 12.5. The largest absolute Gasteiger partial charge is 0.493 e. The molecule has 0 fully saturated rings. The van der Waals surface area contributed by atoms with Crippen LogP contribution in [0.1, 0.15) is 16.1 Å². The standard InChI is InChI=1S/C19H17ClN2O3S/c1-11-13(20)5-4-6-14(11)21-18(23)15-10-26-19(22-15)12-7-8-16(24-2)17(9-12)25-3/h4-10H,1-3H3,(H,21,23). The van der Waals surface area contributed by atoms with Crippen molar-refractivity contribution in [1.82, 2.24) is 4.98 Å². The van der Waals surface area contributed by atoms with Crippen LogP contribution in [0.25, 0.3) is 10.6 Å². The van der Waals surface area contributed by atoms with E-state index in [-0.39, 0.29) is 5.91 Å². The van der Waals surface area contributed by atoms with Crippen LogP contribution in [0.3, 0.4) is 0 Å². The number of halogens is 1. The summed E-state index contributed by atoms with van der Waals surface area (Å²) < 4.78 is 10.6. The fourth-order valence-corrected chi connectivity index (χ4v) is 3.38. The van der Waals surface area contributed by atoms with Crippen molar-refractivity contribution in [2.75, 3.05) is 19.5 Å². The minimum absolute atomic E-state index is 0.279. The number of thiazole rings is 1. The van der Waals surface area contributed by atoms with E-state index < -0.39 is 0 Å². The zero-order valence-electron chi connectivity index (χ0n) is 14.5. The minimum Gasteiger partial charge on any atom is -0.493 e. The zero-order chi connectivity index (χ0) is 18.7. The summed E-state index contributed by atoms with van der Waals surface area (Å²) in [7, 11) is 3.16. The summed E-state index contributed by atoms with van der Waals surface area (Å²) in [5.74, 6) is 0.973. The van der Waals surface area contributed by atoms with Crippen molar-refractivity contribution in [3.63, 3.8) is 0 Å². The molecule has 0 bridgehead atoms. The molecule has 0 aliphatic carbocycles. The van der Waals surface area contributed by atoms with E-state index in [0.29, 0.717) is 27.9 Å². The third-order valence-corrected chi connectivity index (χ3v) is 5.18. The molecule has 134 valence electrons. The summed E-state index contributed by atoms with van der Waals surface area (Å²) in [6.45, 7) is 1.86. The average Bonchev–Trinajstić information content (AvgIpc) is 3.15. The van der Waals surface area contributed by atoms with Crippen LogP contribution < -0.4 is 14.8 Å². The highest BCUT2D eigenvalue weighted by atomic mass is 35.5. The van der Waals surface area contributed by atoms with Gasteiger partial charge in [-0.1, -0.05) is 17.7 Å². The lowest BCUT2D eigenvalue weighted by Crippen LogP contribution is -2.13. The van der Waals surface area contributed by atoms with Gasteiger partial charge in [0.1, 0.15) is 10.7 Å². The first-order valence-electron chi connectivity index (χ1n) is 7.78. The molecule has 26 heavy (non-hydrogen) atoms. The highest BCUT2D eigenvalue weighted by Gasteiger charge is 2.15. The van der Waals surface area contributed by atoms with Crippen LogP contribution in [0.5, 0.6) is 11.5 Å². The molecule has 0 radical (unpaired) electrons. The number of nitrogens with zero attached hydrogens (tertiary/aromatic N) is 1. The Balaban J connectivity index is 1.83. The Bertz CT molecular complexity index is 956. The third-order valence-electron chi connectivity index (χ3n) is 3.88. The quantitative estimate of drug-likeness (QED) is 0.665. The molecule has 2 aromatic carbocycles. The van der Waals surface area contributed by atoms with Crippen molar-refractivity contribution in [3.8, 4) is 22.1 Å². The number of rotatable bonds is 5. The lowest BCUT2D eigenvalue weighted by Gasteiger charge is -2.08. The predicted octanol–water partition coefficient (Wildman–Crippen LogP) is 5.04. The Hall–Kier alpha value is -2.57. The van der Waals surface area contributed by atoms with Crippen LogP contribution in [0.2, 0.25) is 5.02 Å². The lowest BCUT2D eigenvalue weighted by molar-refractivity contribution is 0.102. The summed E-state index contributed by atoms with van der Waals surface area (Å²) in [6.07, 6.45) is 0. The summed E-state index contributed by atoms with van der Waals surface area (Å²) in [5.41, 5.74) is 2.69. The van der Waals surface area contributed by atoms with Crippen molar-refractivity contribution < 1.29 is 14.3 Å². The molecule has 3 aromatic rings. The molecule has 5 nitrogen and oxygen atoms in total. The maximum Gasteiger partial charge on any atom is 0.275 e. The highest BCUT2D eigenvalue weighted by molar-refractivity contribution is 7.13. The molecule has 1 amide bonds. The van der Waals surface area contributed by atoms with Crippen LogP contribution in [0.4, 0.5) is 5.69 Å². The molecule has 0 aliphatic heterocycles. The number of benzene rings is 2. The number of carbonyl (C=O) groups is 1. The summed E-state index contributed by atoms with van der Waals surface area (Å²) in [6, 6.07) is 10.9. The molecule has 3 rings (SSSR count). The van der Waals surface area contributed by atoms with Gasteiger partial charge in [0.05, 0.1) is 14.2 Å². The fraction of sp³-hybridized carbons (Fsp3) is 0.158. The monoisotopic (exact) mass is 388 g/mol. The van der Waals surface area contributed by atoms with Gasteiger partial charge < -0.3 is 14.8 Å². The third kappa shape index (κ3) is 3.66. The van der Waals surface area contributed by atoms with E-state index in [1.54, 1.807) is 37.8 Å². The topological polar surface area (TPSA) is 60.5 Å². The van der Waals surface area contributed by atoms with E-state index in [0.717, 1.165) is 16.1 Å². The molecule has 0 saturated carbocycles. The molecular weight excluding hydrogens is 372 g/mol. The van der Waals surface area contributed by atoms with Gasteiger partial charge in [0, 0.05) is 21.7 Å². The van der Waals surface area contributed by atoms with Crippen molar-refractivity contribution in [1.29, 1.82) is 0 Å². The molecule has 0 saturated heterocycles. The Labute approximate surface area is 160 Å². The Morgan fingerprint density at radius 2 is 1.92 bits per heavy atom. The maximum atomic E-state index is 12.5. The molecule has 0 atom stereocenters. The second kappa shape index (κ2) is 7.76. The van der Waals surface area contributed by atoms with Crippen LogP contribution in [-0.4, -0.2) is 25.1 Å². The molecule has 1 heterocycles. The zero-order valence-corrected chi connectivity index (χ0v) is 16.1. The van der Waals surface area contributed by atoms with E-state index in [9.17, 15) is 4.79 Å². The summed E-state index contributed by atoms with van der Waals surface area (Å²) in [5, 5.41) is 5.90. The van der Waals surface area contributed by atoms with Crippen LogP contribution in [-0.2, 0) is 0 Å². The predicted molar refractivity (Wildman–Crippen MR) is 105 cm³/mol. The van der Waals surface area contributed by atoms with Crippen molar-refractivity contribution >= 4 is 34.5 Å². The van der Waals surface area contributed by atoms with Crippen LogP contribution in [0, 0.1) is 6.92 Å². The number of carbonyl (C=O) groups excluding carboxylic acids is 1. The smallest absolute Gasteiger partial charge is 0.275 e. The van der Waals surface area contributed by atoms with E-state index in [1.807, 2.05) is 25.1 Å². The molecule has 0 aliphatic rings. The van der Waals surface area contributed by atoms with Gasteiger partial charge in [-0.3, -0.25) is 4.79 Å². The minimum atomic E-state index is -0.279. The first-order valence-corrected chi connectivity index (χ1v) is 9.03. The first kappa shape index (κ1) is 18.2. The van der Waals surface area contributed by atoms with Gasteiger partial charge in [0.15, 0.2) is 11.5 Å². The molecule has 1 aromatic heterocycles. The Morgan fingerprint density at radius 1 is 1.15 bits per heavy atom. The van der Waals surface area contributed by atoms with Gasteiger partial charge in [0.2, 0.25) is 0 Å². The number of ether oxygens (including phenoxy) is 2. The second-order valence-corrected chi connectivity index (χ2v) is 6.74. The Kier molecular flexibility index (Phi) is 5.44. The molecule has 0 unspecified atom stereocenters. The van der Waals surface area contributed by atoms with Gasteiger partial charge in [-0.25, -0.2) is 4.98 Å². The fourth-order valence-electron chi connectivity index (χ4n) is 2.41. The van der Waals surface area contributed by atoms with Crippen LogP contribution in [0.15, 0.2) is 41.8 Å². The number of amides is 1. The van der Waals surface area contributed by atoms with E-state index in [2.05, 4.69) is 10.3 Å². The van der Waals surface area contributed by atoms with Gasteiger partial charge in [-0.15, -0.1) is 11.3 Å². The number of hydrogen-bond donors (Lipinski definition) is 1. The Morgan fingerprint density at radius 3 is 2.65 bits per heavy atom. The molecule has 7 heteroatoms. The maximum absolute atomic E-state index is 12.5. The van der Waals surface area contributed by atoms with Crippen molar-refractivity contribution in [2.45, 2.75) is 6.92 Å². The number of anilines is 1. The summed E-state index contributed by atoms with van der Waals surface area (Å²) in [4.78, 5) is 16.9. The molecule has 1 N–H and O–H groups in total. The molecular formula is C19H17ClN2O3S. The average molecular weight is 389 g/mol. The van der Waals surface area contributed by atoms with E-state index in [1.165, 1.54) is 11.3 Å². The van der Waals surface area contributed by atoms with Gasteiger partial charge >= 0.3 is 0 Å². The summed E-state index contributed by atoms with van der Waals surface area (Å²) >= 11 is 7.48. The van der Waals surface area contributed by atoms with Gasteiger partial charge in [0.25, 0.3) is 5.91 Å². The highest BCUT2D eigenvalue weighted by Crippen LogP contribution is 2.33. The number of hydrogen-bond acceptors (Lipinski definition) is 5. The number of methoxy groups -OCH3 is 2. The normalized spacial score (nSPS) is 10.5. The van der Waals surface area contributed by atoms with Gasteiger partial charge in [-0.05, 0) is 42.8 Å². The lowest BCUT2D eigenvalue weighted by atomic mass is 10.2. The number of aromatic nitrogens is 1. The second-order valence-electron chi connectivity index (χ2n) is 5.47.